The number of rotatable bonds is 9. The average Bonchev–Trinajstić information content (AvgIpc) is 3.27. The molecule has 1 fully saturated rings. The summed E-state index contributed by atoms with van der Waals surface area (Å²) in [5, 5.41) is 3.07. The Morgan fingerprint density at radius 3 is 2.24 bits per heavy atom. The minimum absolute atomic E-state index is 0.130. The van der Waals surface area contributed by atoms with E-state index in [9.17, 15) is 18.0 Å². The summed E-state index contributed by atoms with van der Waals surface area (Å²) in [7, 11) is -3.72. The molecule has 1 N–H and O–H groups in total. The highest BCUT2D eigenvalue weighted by atomic mass is 32.2. The van der Waals surface area contributed by atoms with Gasteiger partial charge in [-0.2, -0.15) is 0 Å². The maximum absolute atomic E-state index is 13.6. The Labute approximate surface area is 203 Å². The number of sulfonamides is 1. The third-order valence-electron chi connectivity index (χ3n) is 6.27. The fourth-order valence-corrected chi connectivity index (χ4v) is 5.22. The largest absolute Gasteiger partial charge is 0.352 e. The fourth-order valence-electron chi connectivity index (χ4n) is 4.38. The summed E-state index contributed by atoms with van der Waals surface area (Å²) in [4.78, 5) is 28.1. The Morgan fingerprint density at radius 1 is 1.03 bits per heavy atom. The second kappa shape index (κ2) is 11.0. The number of hydrogen-bond acceptors (Lipinski definition) is 4. The molecule has 0 heterocycles. The zero-order chi connectivity index (χ0) is 24.9. The molecule has 2 aromatic rings. The second-order valence-corrected chi connectivity index (χ2v) is 11.2. The second-order valence-electron chi connectivity index (χ2n) is 9.29. The van der Waals surface area contributed by atoms with E-state index in [1.165, 1.54) is 4.90 Å². The molecule has 1 aliphatic carbocycles. The van der Waals surface area contributed by atoms with E-state index in [0.717, 1.165) is 52.9 Å². The van der Waals surface area contributed by atoms with Gasteiger partial charge >= 0.3 is 0 Å². The van der Waals surface area contributed by atoms with Gasteiger partial charge in [-0.1, -0.05) is 54.8 Å². The summed E-state index contributed by atoms with van der Waals surface area (Å²) < 4.78 is 26.3. The molecule has 0 bridgehead atoms. The van der Waals surface area contributed by atoms with Gasteiger partial charge < -0.3 is 10.2 Å². The van der Waals surface area contributed by atoms with Crippen LogP contribution < -0.4 is 9.62 Å². The Kier molecular flexibility index (Phi) is 8.36. The third-order valence-corrected chi connectivity index (χ3v) is 7.41. The summed E-state index contributed by atoms with van der Waals surface area (Å²) in [5.41, 5.74) is 3.25. The standard InChI is InChI=1S/C26H35N3O4S/c1-19-9-7-11-22(15-19)17-28(21(3)26(31)27-23-12-5-6-13-23)25(30)18-29(34(4,32)33)24-14-8-10-20(2)16-24/h7-11,14-16,21,23H,5-6,12-13,17-18H2,1-4H3,(H,27,31). The maximum atomic E-state index is 13.6. The summed E-state index contributed by atoms with van der Waals surface area (Å²) >= 11 is 0. The van der Waals surface area contributed by atoms with E-state index in [1.807, 2.05) is 44.2 Å². The van der Waals surface area contributed by atoms with E-state index < -0.39 is 22.0 Å². The van der Waals surface area contributed by atoms with Gasteiger partial charge in [0.15, 0.2) is 0 Å². The van der Waals surface area contributed by atoms with Crippen LogP contribution in [-0.2, 0) is 26.2 Å². The number of anilines is 1. The van der Waals surface area contributed by atoms with E-state index in [4.69, 9.17) is 0 Å². The molecular formula is C26H35N3O4S. The number of amides is 2. The van der Waals surface area contributed by atoms with Crippen LogP contribution in [0, 0.1) is 13.8 Å². The van der Waals surface area contributed by atoms with E-state index in [2.05, 4.69) is 5.32 Å². The molecule has 1 saturated carbocycles. The average molecular weight is 486 g/mol. The van der Waals surface area contributed by atoms with Gasteiger partial charge in [0.05, 0.1) is 11.9 Å². The van der Waals surface area contributed by atoms with E-state index in [0.29, 0.717) is 5.69 Å². The Bertz CT molecular complexity index is 1130. The SMILES string of the molecule is Cc1cccc(CN(C(=O)CN(c2cccc(C)c2)S(C)(=O)=O)C(C)C(=O)NC2CCCC2)c1. The molecule has 8 heteroatoms. The van der Waals surface area contributed by atoms with Gasteiger partial charge in [0.1, 0.15) is 12.6 Å². The topological polar surface area (TPSA) is 86.8 Å². The molecule has 1 unspecified atom stereocenters. The highest BCUT2D eigenvalue weighted by Crippen LogP contribution is 2.21. The summed E-state index contributed by atoms with van der Waals surface area (Å²) in [6.07, 6.45) is 5.15. The number of nitrogens with zero attached hydrogens (tertiary/aromatic N) is 2. The summed E-state index contributed by atoms with van der Waals surface area (Å²) in [5.74, 6) is -0.642. The fraction of sp³-hybridized carbons (Fsp3) is 0.462. The molecule has 0 saturated heterocycles. The number of carbonyl (C=O) groups is 2. The molecule has 0 radical (unpaired) electrons. The monoisotopic (exact) mass is 485 g/mol. The van der Waals surface area contributed by atoms with Crippen molar-refractivity contribution < 1.29 is 18.0 Å². The summed E-state index contributed by atoms with van der Waals surface area (Å²) in [6, 6.07) is 14.2. The van der Waals surface area contributed by atoms with Gasteiger partial charge in [-0.25, -0.2) is 8.42 Å². The number of benzene rings is 2. The molecule has 184 valence electrons. The van der Waals surface area contributed by atoms with Crippen LogP contribution in [0.15, 0.2) is 48.5 Å². The number of aryl methyl sites for hydroxylation is 2. The van der Waals surface area contributed by atoms with Crippen molar-refractivity contribution in [2.45, 2.75) is 65.1 Å². The predicted octanol–water partition coefficient (Wildman–Crippen LogP) is 3.55. The molecule has 2 amide bonds. The van der Waals surface area contributed by atoms with Crippen molar-refractivity contribution in [2.24, 2.45) is 0 Å². The van der Waals surface area contributed by atoms with Gasteiger partial charge in [-0.15, -0.1) is 0 Å². The van der Waals surface area contributed by atoms with Crippen LogP contribution in [0.1, 0.15) is 49.3 Å². The molecule has 1 aliphatic rings. The number of carbonyl (C=O) groups excluding carboxylic acids is 2. The predicted molar refractivity (Wildman–Crippen MR) is 135 cm³/mol. The van der Waals surface area contributed by atoms with Crippen LogP contribution in [0.4, 0.5) is 5.69 Å². The van der Waals surface area contributed by atoms with Crippen LogP contribution in [0.5, 0.6) is 0 Å². The van der Waals surface area contributed by atoms with Gasteiger partial charge in [0, 0.05) is 12.6 Å². The first-order valence-electron chi connectivity index (χ1n) is 11.7. The maximum Gasteiger partial charge on any atom is 0.244 e. The van der Waals surface area contributed by atoms with Crippen molar-refractivity contribution >= 4 is 27.5 Å². The van der Waals surface area contributed by atoms with Crippen molar-refractivity contribution in [3.63, 3.8) is 0 Å². The third kappa shape index (κ3) is 6.82. The zero-order valence-electron chi connectivity index (χ0n) is 20.5. The Hall–Kier alpha value is -2.87. The number of nitrogens with one attached hydrogen (secondary N) is 1. The zero-order valence-corrected chi connectivity index (χ0v) is 21.3. The highest BCUT2D eigenvalue weighted by Gasteiger charge is 2.31. The smallest absolute Gasteiger partial charge is 0.244 e. The van der Waals surface area contributed by atoms with Crippen LogP contribution in [0.3, 0.4) is 0 Å². The van der Waals surface area contributed by atoms with Crippen molar-refractivity contribution in [1.82, 2.24) is 10.2 Å². The minimum atomic E-state index is -3.72. The molecule has 0 aliphatic heterocycles. The number of hydrogen-bond donors (Lipinski definition) is 1. The molecule has 3 rings (SSSR count). The first-order chi connectivity index (χ1) is 16.0. The molecule has 0 aromatic heterocycles. The van der Waals surface area contributed by atoms with Gasteiger partial charge in [-0.3, -0.25) is 13.9 Å². The molecule has 1 atom stereocenters. The Morgan fingerprint density at radius 2 is 1.65 bits per heavy atom. The van der Waals surface area contributed by atoms with Crippen LogP contribution in [0.2, 0.25) is 0 Å². The highest BCUT2D eigenvalue weighted by molar-refractivity contribution is 7.92. The first kappa shape index (κ1) is 25.7. The first-order valence-corrected chi connectivity index (χ1v) is 13.6. The van der Waals surface area contributed by atoms with Crippen LogP contribution in [0.25, 0.3) is 0 Å². The molecule has 7 nitrogen and oxygen atoms in total. The van der Waals surface area contributed by atoms with Gasteiger partial charge in [0.2, 0.25) is 21.8 Å². The molecule has 0 spiro atoms. The van der Waals surface area contributed by atoms with E-state index in [-0.39, 0.29) is 25.0 Å². The molecule has 2 aromatic carbocycles. The van der Waals surface area contributed by atoms with Crippen LogP contribution in [-0.4, -0.2) is 50.0 Å². The van der Waals surface area contributed by atoms with Crippen LogP contribution >= 0.6 is 0 Å². The van der Waals surface area contributed by atoms with Gasteiger partial charge in [-0.05, 0) is 56.9 Å². The van der Waals surface area contributed by atoms with E-state index >= 15 is 0 Å². The lowest BCUT2D eigenvalue weighted by Gasteiger charge is -2.32. The summed E-state index contributed by atoms with van der Waals surface area (Å²) in [6.45, 7) is 5.37. The molecule has 34 heavy (non-hydrogen) atoms. The minimum Gasteiger partial charge on any atom is -0.352 e. The van der Waals surface area contributed by atoms with Crippen molar-refractivity contribution in [1.29, 1.82) is 0 Å². The normalized spacial score (nSPS) is 15.1. The lowest BCUT2D eigenvalue weighted by Crippen LogP contribution is -2.52. The quantitative estimate of drug-likeness (QED) is 0.589. The van der Waals surface area contributed by atoms with E-state index in [1.54, 1.807) is 25.1 Å². The lowest BCUT2D eigenvalue weighted by molar-refractivity contribution is -0.139. The van der Waals surface area contributed by atoms with Gasteiger partial charge in [0.25, 0.3) is 0 Å². The Balaban J connectivity index is 1.88. The van der Waals surface area contributed by atoms with Crippen molar-refractivity contribution in [3.05, 3.63) is 65.2 Å². The van der Waals surface area contributed by atoms with Crippen molar-refractivity contribution in [3.8, 4) is 0 Å². The lowest BCUT2D eigenvalue weighted by atomic mass is 10.1. The molecular weight excluding hydrogens is 450 g/mol. The van der Waals surface area contributed by atoms with Crippen molar-refractivity contribution in [2.75, 3.05) is 17.1 Å².